The molecule has 6 heteroatoms. The molecule has 2 N–H and O–H groups in total. The molecule has 1 aliphatic rings. The summed E-state index contributed by atoms with van der Waals surface area (Å²) < 4.78 is 10.4. The highest BCUT2D eigenvalue weighted by molar-refractivity contribution is 5.79. The molecule has 0 unspecified atom stereocenters. The number of nitrogens with zero attached hydrogens (tertiary/aromatic N) is 2. The van der Waals surface area contributed by atoms with E-state index < -0.39 is 0 Å². The minimum atomic E-state index is 0.445. The van der Waals surface area contributed by atoms with E-state index in [0.29, 0.717) is 31.1 Å². The van der Waals surface area contributed by atoms with Crippen LogP contribution in [0.3, 0.4) is 0 Å². The van der Waals surface area contributed by atoms with Crippen molar-refractivity contribution in [3.63, 3.8) is 0 Å². The Labute approximate surface area is 151 Å². The fourth-order valence-corrected chi connectivity index (χ4v) is 3.29. The van der Waals surface area contributed by atoms with Crippen molar-refractivity contribution in [1.29, 1.82) is 0 Å². The molecule has 0 bridgehead atoms. The van der Waals surface area contributed by atoms with Crippen molar-refractivity contribution in [2.24, 2.45) is 10.4 Å². The number of nitrogens with one attached hydrogen (secondary N) is 2. The normalized spacial score (nSPS) is 16.7. The topological polar surface area (TPSA) is 67.8 Å². The molecule has 1 saturated carbocycles. The quantitative estimate of drug-likeness (QED) is 0.408. The molecule has 0 saturated heterocycles. The van der Waals surface area contributed by atoms with Crippen LogP contribution in [0.2, 0.25) is 0 Å². The lowest BCUT2D eigenvalue weighted by Gasteiger charge is -2.28. The molecule has 1 heterocycles. The van der Waals surface area contributed by atoms with Gasteiger partial charge in [-0.2, -0.15) is 0 Å². The van der Waals surface area contributed by atoms with Crippen molar-refractivity contribution >= 4 is 5.96 Å². The standard InChI is InChI=1S/C19H32N4O2/c1-4-19(9-5-6-10-19)15-23-18(20-2)22-14-16-7-8-17(21-13-16)25-12-11-24-3/h7-8,13H,4-6,9-12,14-15H2,1-3H3,(H2,20,22,23). The van der Waals surface area contributed by atoms with E-state index in [1.54, 1.807) is 7.11 Å². The number of pyridine rings is 1. The molecule has 25 heavy (non-hydrogen) atoms. The molecule has 0 atom stereocenters. The van der Waals surface area contributed by atoms with Gasteiger partial charge < -0.3 is 20.1 Å². The molecule has 0 aromatic carbocycles. The Hall–Kier alpha value is -1.82. The summed E-state index contributed by atoms with van der Waals surface area (Å²) in [6.07, 6.45) is 8.40. The van der Waals surface area contributed by atoms with Gasteiger partial charge in [0.2, 0.25) is 5.88 Å². The number of methoxy groups -OCH3 is 1. The van der Waals surface area contributed by atoms with E-state index in [1.807, 2.05) is 25.4 Å². The van der Waals surface area contributed by atoms with Crippen LogP contribution in [0, 0.1) is 5.41 Å². The zero-order valence-electron chi connectivity index (χ0n) is 15.8. The van der Waals surface area contributed by atoms with Gasteiger partial charge in [-0.05, 0) is 30.2 Å². The van der Waals surface area contributed by atoms with Gasteiger partial charge in [-0.1, -0.05) is 25.8 Å². The summed E-state index contributed by atoms with van der Waals surface area (Å²) in [7, 11) is 3.47. The highest BCUT2D eigenvalue weighted by Gasteiger charge is 2.31. The maximum Gasteiger partial charge on any atom is 0.213 e. The Balaban J connectivity index is 1.76. The molecule has 0 spiro atoms. The van der Waals surface area contributed by atoms with Crippen LogP contribution in [-0.2, 0) is 11.3 Å². The maximum absolute atomic E-state index is 5.47. The van der Waals surface area contributed by atoms with Crippen molar-refractivity contribution in [3.05, 3.63) is 23.9 Å². The highest BCUT2D eigenvalue weighted by atomic mass is 16.5. The predicted molar refractivity (Wildman–Crippen MR) is 101 cm³/mol. The van der Waals surface area contributed by atoms with Gasteiger partial charge in [0.15, 0.2) is 5.96 Å². The Bertz CT molecular complexity index is 525. The second kappa shape index (κ2) is 10.2. The van der Waals surface area contributed by atoms with Crippen LogP contribution in [0.5, 0.6) is 5.88 Å². The second-order valence-electron chi connectivity index (χ2n) is 6.69. The third-order valence-corrected chi connectivity index (χ3v) is 5.06. The fraction of sp³-hybridized carbons (Fsp3) is 0.684. The predicted octanol–water partition coefficient (Wildman–Crippen LogP) is 2.74. The average Bonchev–Trinajstić information content (AvgIpc) is 3.13. The smallest absolute Gasteiger partial charge is 0.213 e. The molecule has 0 aliphatic heterocycles. The van der Waals surface area contributed by atoms with E-state index in [2.05, 4.69) is 27.5 Å². The summed E-state index contributed by atoms with van der Waals surface area (Å²) in [4.78, 5) is 8.64. The summed E-state index contributed by atoms with van der Waals surface area (Å²) in [5.74, 6) is 1.47. The average molecular weight is 348 g/mol. The van der Waals surface area contributed by atoms with Crippen molar-refractivity contribution in [1.82, 2.24) is 15.6 Å². The molecule has 6 nitrogen and oxygen atoms in total. The number of aliphatic imine (C=N–C) groups is 1. The number of rotatable bonds is 9. The van der Waals surface area contributed by atoms with Crippen molar-refractivity contribution in [2.75, 3.05) is 33.9 Å². The van der Waals surface area contributed by atoms with Gasteiger partial charge in [0, 0.05) is 39.5 Å². The van der Waals surface area contributed by atoms with Gasteiger partial charge in [-0.25, -0.2) is 4.98 Å². The highest BCUT2D eigenvalue weighted by Crippen LogP contribution is 2.40. The van der Waals surface area contributed by atoms with Crippen LogP contribution in [0.4, 0.5) is 0 Å². The molecule has 140 valence electrons. The Morgan fingerprint density at radius 1 is 1.24 bits per heavy atom. The second-order valence-corrected chi connectivity index (χ2v) is 6.69. The van der Waals surface area contributed by atoms with Crippen LogP contribution in [-0.4, -0.2) is 44.9 Å². The Morgan fingerprint density at radius 3 is 2.64 bits per heavy atom. The molecule has 0 radical (unpaired) electrons. The molecule has 1 aromatic rings. The number of guanidine groups is 1. The van der Waals surface area contributed by atoms with Crippen molar-refractivity contribution in [3.8, 4) is 5.88 Å². The number of aromatic nitrogens is 1. The SMILES string of the molecule is CCC1(CNC(=NC)NCc2ccc(OCCOC)nc2)CCCC1. The van der Waals surface area contributed by atoms with Crippen molar-refractivity contribution < 1.29 is 9.47 Å². The van der Waals surface area contributed by atoms with Crippen LogP contribution in [0.15, 0.2) is 23.3 Å². The van der Waals surface area contributed by atoms with Crippen LogP contribution < -0.4 is 15.4 Å². The molecular formula is C19H32N4O2. The van der Waals surface area contributed by atoms with Crippen molar-refractivity contribution in [2.45, 2.75) is 45.6 Å². The molecular weight excluding hydrogens is 316 g/mol. The molecule has 0 amide bonds. The first-order valence-electron chi connectivity index (χ1n) is 9.22. The van der Waals surface area contributed by atoms with Gasteiger partial charge in [-0.3, -0.25) is 4.99 Å². The Morgan fingerprint density at radius 2 is 2.04 bits per heavy atom. The minimum Gasteiger partial charge on any atom is -0.475 e. The van der Waals surface area contributed by atoms with Gasteiger partial charge in [-0.15, -0.1) is 0 Å². The third kappa shape index (κ3) is 6.20. The first-order chi connectivity index (χ1) is 12.2. The molecule has 1 aliphatic carbocycles. The summed E-state index contributed by atoms with van der Waals surface area (Å²) in [5.41, 5.74) is 1.54. The van der Waals surface area contributed by atoms with Gasteiger partial charge in [0.25, 0.3) is 0 Å². The monoisotopic (exact) mass is 348 g/mol. The van der Waals surface area contributed by atoms with E-state index in [1.165, 1.54) is 32.1 Å². The lowest BCUT2D eigenvalue weighted by atomic mass is 9.83. The third-order valence-electron chi connectivity index (χ3n) is 5.06. The maximum atomic E-state index is 5.47. The minimum absolute atomic E-state index is 0.445. The van der Waals surface area contributed by atoms with Crippen LogP contribution in [0.25, 0.3) is 0 Å². The lowest BCUT2D eigenvalue weighted by molar-refractivity contribution is 0.143. The first kappa shape index (κ1) is 19.5. The first-order valence-corrected chi connectivity index (χ1v) is 9.22. The largest absolute Gasteiger partial charge is 0.475 e. The van der Waals surface area contributed by atoms with Gasteiger partial charge in [0.1, 0.15) is 6.61 Å². The summed E-state index contributed by atoms with van der Waals surface area (Å²) in [6, 6.07) is 3.90. The number of ether oxygens (including phenoxy) is 2. The Kier molecular flexibility index (Phi) is 7.98. The molecule has 2 rings (SSSR count). The number of hydrogen-bond acceptors (Lipinski definition) is 4. The van der Waals surface area contributed by atoms with Gasteiger partial charge >= 0.3 is 0 Å². The van der Waals surface area contributed by atoms with E-state index in [0.717, 1.165) is 18.1 Å². The van der Waals surface area contributed by atoms with E-state index in [9.17, 15) is 0 Å². The molecule has 1 fully saturated rings. The van der Waals surface area contributed by atoms with Crippen LogP contribution in [0.1, 0.15) is 44.6 Å². The van der Waals surface area contributed by atoms with Crippen LogP contribution >= 0.6 is 0 Å². The fourth-order valence-electron chi connectivity index (χ4n) is 3.29. The summed E-state index contributed by atoms with van der Waals surface area (Å²) in [5, 5.41) is 6.86. The van der Waals surface area contributed by atoms with E-state index >= 15 is 0 Å². The van der Waals surface area contributed by atoms with Gasteiger partial charge in [0.05, 0.1) is 6.61 Å². The van der Waals surface area contributed by atoms with E-state index in [-0.39, 0.29) is 0 Å². The zero-order valence-corrected chi connectivity index (χ0v) is 15.8. The number of hydrogen-bond donors (Lipinski definition) is 2. The summed E-state index contributed by atoms with van der Waals surface area (Å²) >= 11 is 0. The van der Waals surface area contributed by atoms with E-state index in [4.69, 9.17) is 9.47 Å². The lowest BCUT2D eigenvalue weighted by Crippen LogP contribution is -2.42. The summed E-state index contributed by atoms with van der Waals surface area (Å²) in [6.45, 7) is 5.05. The zero-order chi connectivity index (χ0) is 18.0. The molecule has 1 aromatic heterocycles.